The monoisotopic (exact) mass is 547 g/mol. The summed E-state index contributed by atoms with van der Waals surface area (Å²) in [4.78, 5) is 21.9. The Morgan fingerprint density at radius 2 is 2.03 bits per heavy atom. The number of rotatable bonds is 7. The second kappa shape index (κ2) is 12.7. The summed E-state index contributed by atoms with van der Waals surface area (Å²) in [7, 11) is 0. The molecule has 166 valence electrons. The molecule has 0 unspecified atom stereocenters. The van der Waals surface area contributed by atoms with Crippen molar-refractivity contribution in [3.05, 3.63) is 34.5 Å². The molecule has 0 atom stereocenters. The molecule has 11 heteroatoms. The summed E-state index contributed by atoms with van der Waals surface area (Å²) in [5.41, 5.74) is 0. The SMILES string of the molecule is CCOC(=O)N1CCN(C(=NCc2cccs2)NCCn2cnnc2CC)CC1.I. The Morgan fingerprint density at radius 1 is 1.27 bits per heavy atom. The molecule has 0 saturated carbocycles. The molecule has 1 amide bonds. The van der Waals surface area contributed by atoms with E-state index < -0.39 is 0 Å². The Balaban J connectivity index is 0.00000320. The molecule has 0 bridgehead atoms. The van der Waals surface area contributed by atoms with Gasteiger partial charge >= 0.3 is 6.09 Å². The highest BCUT2D eigenvalue weighted by Crippen LogP contribution is 2.11. The molecule has 2 aromatic rings. The number of ether oxygens (including phenoxy) is 1. The predicted octanol–water partition coefficient (Wildman–Crippen LogP) is 2.44. The number of piperazine rings is 1. The minimum atomic E-state index is -0.239. The third kappa shape index (κ3) is 6.83. The van der Waals surface area contributed by atoms with Gasteiger partial charge in [-0.05, 0) is 18.4 Å². The van der Waals surface area contributed by atoms with Gasteiger partial charge in [-0.15, -0.1) is 45.5 Å². The van der Waals surface area contributed by atoms with E-state index in [9.17, 15) is 4.79 Å². The van der Waals surface area contributed by atoms with Crippen LogP contribution in [0.4, 0.5) is 4.79 Å². The van der Waals surface area contributed by atoms with Crippen molar-refractivity contribution < 1.29 is 9.53 Å². The van der Waals surface area contributed by atoms with Gasteiger partial charge in [0.05, 0.1) is 13.2 Å². The van der Waals surface area contributed by atoms with E-state index in [1.807, 2.05) is 13.0 Å². The molecule has 3 rings (SSSR count). The maximum Gasteiger partial charge on any atom is 0.409 e. The summed E-state index contributed by atoms with van der Waals surface area (Å²) >= 11 is 1.70. The average molecular weight is 547 g/mol. The van der Waals surface area contributed by atoms with Gasteiger partial charge in [-0.25, -0.2) is 9.79 Å². The minimum absolute atomic E-state index is 0. The van der Waals surface area contributed by atoms with Crippen molar-refractivity contribution in [2.24, 2.45) is 4.99 Å². The van der Waals surface area contributed by atoms with Crippen LogP contribution in [0.5, 0.6) is 0 Å². The maximum absolute atomic E-state index is 11.9. The lowest BCUT2D eigenvalue weighted by atomic mass is 10.3. The van der Waals surface area contributed by atoms with Gasteiger partial charge < -0.3 is 24.4 Å². The topological polar surface area (TPSA) is 87.9 Å². The Morgan fingerprint density at radius 3 is 2.70 bits per heavy atom. The quantitative estimate of drug-likeness (QED) is 0.326. The number of amides is 1. The highest BCUT2D eigenvalue weighted by molar-refractivity contribution is 14.0. The molecule has 1 aliphatic rings. The number of thiophene rings is 1. The molecule has 0 radical (unpaired) electrons. The van der Waals surface area contributed by atoms with Crippen LogP contribution in [-0.2, 0) is 24.2 Å². The zero-order chi connectivity index (χ0) is 20.5. The first-order valence-corrected chi connectivity index (χ1v) is 10.9. The Kier molecular flexibility index (Phi) is 10.3. The normalized spacial score (nSPS) is 14.4. The number of carbonyl (C=O) groups is 1. The largest absolute Gasteiger partial charge is 0.450 e. The lowest BCUT2D eigenvalue weighted by molar-refractivity contribution is 0.0914. The zero-order valence-electron chi connectivity index (χ0n) is 17.5. The average Bonchev–Trinajstić information content (AvgIpc) is 3.42. The summed E-state index contributed by atoms with van der Waals surface area (Å²) in [5, 5.41) is 13.7. The van der Waals surface area contributed by atoms with Gasteiger partial charge in [-0.2, -0.15) is 0 Å². The molecule has 3 heterocycles. The smallest absolute Gasteiger partial charge is 0.409 e. The molecule has 1 N–H and O–H groups in total. The predicted molar refractivity (Wildman–Crippen MR) is 128 cm³/mol. The van der Waals surface area contributed by atoms with Crippen molar-refractivity contribution in [2.75, 3.05) is 39.3 Å². The number of hydrogen-bond acceptors (Lipinski definition) is 6. The number of halogens is 1. The van der Waals surface area contributed by atoms with Crippen molar-refractivity contribution in [1.82, 2.24) is 29.9 Å². The van der Waals surface area contributed by atoms with E-state index in [1.165, 1.54) is 4.88 Å². The molecular formula is C19H30IN7O2S. The molecule has 30 heavy (non-hydrogen) atoms. The highest BCUT2D eigenvalue weighted by atomic mass is 127. The number of carbonyl (C=O) groups excluding carboxylic acids is 1. The van der Waals surface area contributed by atoms with Crippen LogP contribution in [0.25, 0.3) is 0 Å². The Bertz CT molecular complexity index is 789. The van der Waals surface area contributed by atoms with Gasteiger partial charge in [0.1, 0.15) is 12.2 Å². The summed E-state index contributed by atoms with van der Waals surface area (Å²) < 4.78 is 7.17. The zero-order valence-corrected chi connectivity index (χ0v) is 20.6. The van der Waals surface area contributed by atoms with Gasteiger partial charge in [0.25, 0.3) is 0 Å². The fourth-order valence-corrected chi connectivity index (χ4v) is 3.79. The first-order valence-electron chi connectivity index (χ1n) is 10.0. The summed E-state index contributed by atoms with van der Waals surface area (Å²) in [5.74, 6) is 1.85. The molecule has 9 nitrogen and oxygen atoms in total. The number of aromatic nitrogens is 3. The fraction of sp³-hybridized carbons (Fsp3) is 0.579. The van der Waals surface area contributed by atoms with E-state index in [4.69, 9.17) is 9.73 Å². The minimum Gasteiger partial charge on any atom is -0.450 e. The fourth-order valence-electron chi connectivity index (χ4n) is 3.17. The highest BCUT2D eigenvalue weighted by Gasteiger charge is 2.23. The van der Waals surface area contributed by atoms with Crippen LogP contribution in [0.2, 0.25) is 0 Å². The van der Waals surface area contributed by atoms with Crippen LogP contribution in [0, 0.1) is 0 Å². The van der Waals surface area contributed by atoms with Crippen molar-refractivity contribution in [3.8, 4) is 0 Å². The molecule has 1 fully saturated rings. The van der Waals surface area contributed by atoms with Crippen LogP contribution in [-0.4, -0.2) is 75.9 Å². The van der Waals surface area contributed by atoms with Crippen LogP contribution in [0.15, 0.2) is 28.8 Å². The van der Waals surface area contributed by atoms with Crippen molar-refractivity contribution >= 4 is 47.4 Å². The number of guanidine groups is 1. The maximum atomic E-state index is 11.9. The molecule has 2 aromatic heterocycles. The number of nitrogens with zero attached hydrogens (tertiary/aromatic N) is 6. The van der Waals surface area contributed by atoms with Crippen LogP contribution in [0.3, 0.4) is 0 Å². The van der Waals surface area contributed by atoms with Crippen LogP contribution in [0.1, 0.15) is 24.5 Å². The van der Waals surface area contributed by atoms with E-state index >= 15 is 0 Å². The lowest BCUT2D eigenvalue weighted by Crippen LogP contribution is -2.54. The summed E-state index contributed by atoms with van der Waals surface area (Å²) in [6.45, 7) is 9.15. The van der Waals surface area contributed by atoms with E-state index in [2.05, 4.69) is 43.4 Å². The van der Waals surface area contributed by atoms with Gasteiger partial charge in [-0.1, -0.05) is 13.0 Å². The molecule has 0 aromatic carbocycles. The van der Waals surface area contributed by atoms with E-state index in [1.54, 1.807) is 22.6 Å². The van der Waals surface area contributed by atoms with Crippen molar-refractivity contribution in [3.63, 3.8) is 0 Å². The van der Waals surface area contributed by atoms with Crippen LogP contribution >= 0.6 is 35.3 Å². The van der Waals surface area contributed by atoms with E-state index in [0.29, 0.717) is 26.2 Å². The first-order chi connectivity index (χ1) is 14.2. The second-order valence-corrected chi connectivity index (χ2v) is 7.65. The van der Waals surface area contributed by atoms with Crippen molar-refractivity contribution in [1.29, 1.82) is 0 Å². The second-order valence-electron chi connectivity index (χ2n) is 6.61. The van der Waals surface area contributed by atoms with E-state index in [0.717, 1.165) is 44.4 Å². The molecule has 1 saturated heterocycles. The Labute approximate surface area is 198 Å². The number of aryl methyl sites for hydroxylation is 1. The third-order valence-electron chi connectivity index (χ3n) is 4.72. The van der Waals surface area contributed by atoms with Gasteiger partial charge in [0.15, 0.2) is 5.96 Å². The lowest BCUT2D eigenvalue weighted by Gasteiger charge is -2.36. The molecule has 1 aliphatic heterocycles. The van der Waals surface area contributed by atoms with Gasteiger partial charge in [-0.3, -0.25) is 0 Å². The van der Waals surface area contributed by atoms with Crippen molar-refractivity contribution in [2.45, 2.75) is 33.4 Å². The number of hydrogen-bond donors (Lipinski definition) is 1. The third-order valence-corrected chi connectivity index (χ3v) is 5.58. The first kappa shape index (κ1) is 24.4. The van der Waals surface area contributed by atoms with E-state index in [-0.39, 0.29) is 30.1 Å². The number of nitrogens with one attached hydrogen (secondary N) is 1. The standard InChI is InChI=1S/C19H29N7O2S.HI/c1-3-17-23-22-15-26(17)8-7-20-18(21-14-16-6-5-13-29-16)24-9-11-25(12-10-24)19(27)28-4-2;/h5-6,13,15H,3-4,7-12,14H2,1-2H3,(H,20,21);1H. The summed E-state index contributed by atoms with van der Waals surface area (Å²) in [6.07, 6.45) is 2.38. The molecule has 0 spiro atoms. The summed E-state index contributed by atoms with van der Waals surface area (Å²) in [6, 6.07) is 4.13. The Hall–Kier alpha value is -1.89. The number of aliphatic imine (C=N–C) groups is 1. The van der Waals surface area contributed by atoms with Gasteiger partial charge in [0, 0.05) is 50.6 Å². The molecular weight excluding hydrogens is 517 g/mol. The van der Waals surface area contributed by atoms with Crippen LogP contribution < -0.4 is 5.32 Å². The van der Waals surface area contributed by atoms with Gasteiger partial charge in [0.2, 0.25) is 0 Å². The molecule has 0 aliphatic carbocycles.